The van der Waals surface area contributed by atoms with E-state index in [4.69, 9.17) is 11.6 Å². The Hall–Kier alpha value is -1.87. The van der Waals surface area contributed by atoms with E-state index >= 15 is 0 Å². The summed E-state index contributed by atoms with van der Waals surface area (Å²) in [6.45, 7) is 0. The van der Waals surface area contributed by atoms with Gasteiger partial charge in [0.15, 0.2) is 11.5 Å². The summed E-state index contributed by atoms with van der Waals surface area (Å²) in [4.78, 5) is 10.5. The van der Waals surface area contributed by atoms with E-state index in [0.29, 0.717) is 22.3 Å². The van der Waals surface area contributed by atoms with E-state index in [2.05, 4.69) is 20.6 Å². The third kappa shape index (κ3) is 3.42. The summed E-state index contributed by atoms with van der Waals surface area (Å²) in [5.41, 5.74) is 1.40. The molecule has 3 aromatic rings. The SMILES string of the molecule is O=[C-]Cc1nnc2ccc(Nc3cccc(Cl)c3)nn12.[Li+]. The molecule has 0 aliphatic rings. The molecule has 21 heavy (non-hydrogen) atoms. The van der Waals surface area contributed by atoms with Gasteiger partial charge in [0.2, 0.25) is 0 Å². The van der Waals surface area contributed by atoms with Gasteiger partial charge >= 0.3 is 18.9 Å². The van der Waals surface area contributed by atoms with Crippen molar-refractivity contribution in [3.8, 4) is 0 Å². The number of halogens is 1. The van der Waals surface area contributed by atoms with Crippen LogP contribution in [0.15, 0.2) is 36.4 Å². The van der Waals surface area contributed by atoms with E-state index in [1.54, 1.807) is 30.6 Å². The molecule has 0 saturated heterocycles. The summed E-state index contributed by atoms with van der Waals surface area (Å²) >= 11 is 5.93. The number of carbonyl (C=O) groups excluding carboxylic acids is 1. The van der Waals surface area contributed by atoms with Gasteiger partial charge in [0.1, 0.15) is 5.82 Å². The Morgan fingerprint density at radius 1 is 1.24 bits per heavy atom. The average Bonchev–Trinajstić information content (AvgIpc) is 2.82. The molecule has 0 amide bonds. The van der Waals surface area contributed by atoms with Gasteiger partial charge in [-0.15, -0.1) is 15.3 Å². The molecular formula is C13H9ClLiN5O. The van der Waals surface area contributed by atoms with Crippen molar-refractivity contribution in [1.82, 2.24) is 19.8 Å². The minimum absolute atomic E-state index is 0. The predicted octanol–water partition coefficient (Wildman–Crippen LogP) is -0.823. The Labute approximate surface area is 137 Å². The van der Waals surface area contributed by atoms with Crippen LogP contribution in [0.2, 0.25) is 5.02 Å². The third-order valence-corrected chi connectivity index (χ3v) is 2.89. The molecule has 100 valence electrons. The number of hydrogen-bond acceptors (Lipinski definition) is 5. The van der Waals surface area contributed by atoms with Gasteiger partial charge in [-0.05, 0) is 30.3 Å². The number of anilines is 2. The summed E-state index contributed by atoms with van der Waals surface area (Å²) in [5.74, 6) is 1.05. The molecule has 0 atom stereocenters. The number of nitrogens with one attached hydrogen (secondary N) is 1. The largest absolute Gasteiger partial charge is 1.00 e. The van der Waals surface area contributed by atoms with Crippen molar-refractivity contribution in [2.45, 2.75) is 6.42 Å². The number of nitrogens with zero attached hydrogens (tertiary/aromatic N) is 4. The fourth-order valence-electron chi connectivity index (χ4n) is 1.79. The molecule has 0 fully saturated rings. The zero-order chi connectivity index (χ0) is 13.9. The Bertz CT molecular complexity index is 776. The maximum absolute atomic E-state index is 10.5. The van der Waals surface area contributed by atoms with Crippen LogP contribution in [0.3, 0.4) is 0 Å². The number of hydrogen-bond donors (Lipinski definition) is 1. The van der Waals surface area contributed by atoms with Crippen molar-refractivity contribution in [1.29, 1.82) is 0 Å². The monoisotopic (exact) mass is 293 g/mol. The standard InChI is InChI=1S/C13H9ClN5O.Li/c14-9-2-1-3-10(8-9)15-11-4-5-12-16-17-13(6-7-20)19(12)18-11;/h1-5,8H,6H2,(H,15,18);/q-1;+1. The molecule has 8 heteroatoms. The molecule has 1 N–H and O–H groups in total. The topological polar surface area (TPSA) is 72.2 Å². The van der Waals surface area contributed by atoms with E-state index in [-0.39, 0.29) is 25.3 Å². The summed E-state index contributed by atoms with van der Waals surface area (Å²) in [6, 6.07) is 10.8. The smallest absolute Gasteiger partial charge is 0.541 e. The van der Waals surface area contributed by atoms with Crippen LogP contribution in [0.4, 0.5) is 11.5 Å². The van der Waals surface area contributed by atoms with Crippen LogP contribution in [-0.4, -0.2) is 26.1 Å². The molecule has 0 spiro atoms. The zero-order valence-corrected chi connectivity index (χ0v) is 12.0. The van der Waals surface area contributed by atoms with Crippen LogP contribution >= 0.6 is 11.6 Å². The maximum atomic E-state index is 10.5. The number of benzene rings is 1. The average molecular weight is 294 g/mol. The fourth-order valence-corrected chi connectivity index (χ4v) is 1.98. The molecule has 0 aliphatic carbocycles. The number of fused-ring (bicyclic) bond motifs is 1. The first-order valence-corrected chi connectivity index (χ1v) is 6.23. The summed E-state index contributed by atoms with van der Waals surface area (Å²) in [6.07, 6.45) is 1.84. The van der Waals surface area contributed by atoms with E-state index in [1.807, 2.05) is 12.1 Å². The molecule has 0 unspecified atom stereocenters. The Balaban J connectivity index is 0.00000161. The van der Waals surface area contributed by atoms with Crippen LogP contribution in [-0.2, 0) is 11.2 Å². The van der Waals surface area contributed by atoms with Gasteiger partial charge in [-0.2, -0.15) is 4.52 Å². The quantitative estimate of drug-likeness (QED) is 0.502. The molecule has 0 bridgehead atoms. The molecule has 0 aliphatic heterocycles. The van der Waals surface area contributed by atoms with Crippen molar-refractivity contribution in [3.05, 3.63) is 47.2 Å². The van der Waals surface area contributed by atoms with Crippen LogP contribution in [0.5, 0.6) is 0 Å². The Kier molecular flexibility index (Phi) is 4.97. The Morgan fingerprint density at radius 2 is 2.10 bits per heavy atom. The predicted molar refractivity (Wildman–Crippen MR) is 74.9 cm³/mol. The third-order valence-electron chi connectivity index (χ3n) is 2.65. The zero-order valence-electron chi connectivity index (χ0n) is 11.2. The van der Waals surface area contributed by atoms with E-state index in [9.17, 15) is 4.79 Å². The van der Waals surface area contributed by atoms with Gasteiger partial charge in [0.05, 0.1) is 0 Å². The van der Waals surface area contributed by atoms with Crippen molar-refractivity contribution in [2.75, 3.05) is 5.32 Å². The second-order valence-corrected chi connectivity index (χ2v) is 4.50. The van der Waals surface area contributed by atoms with Gasteiger partial charge in [-0.3, -0.25) is 6.29 Å². The van der Waals surface area contributed by atoms with Gasteiger partial charge < -0.3 is 10.1 Å². The molecule has 0 radical (unpaired) electrons. The molecule has 2 aromatic heterocycles. The first-order valence-electron chi connectivity index (χ1n) is 5.85. The minimum Gasteiger partial charge on any atom is -0.541 e. The fraction of sp³-hybridized carbons (Fsp3) is 0.0769. The summed E-state index contributed by atoms with van der Waals surface area (Å²) in [7, 11) is 0. The van der Waals surface area contributed by atoms with E-state index < -0.39 is 0 Å². The van der Waals surface area contributed by atoms with Gasteiger partial charge in [0, 0.05) is 10.7 Å². The molecule has 3 rings (SSSR count). The van der Waals surface area contributed by atoms with E-state index in [0.717, 1.165) is 5.69 Å². The molecule has 0 saturated carbocycles. The van der Waals surface area contributed by atoms with Crippen molar-refractivity contribution in [2.24, 2.45) is 0 Å². The van der Waals surface area contributed by atoms with Crippen LogP contribution in [0.25, 0.3) is 5.65 Å². The maximum Gasteiger partial charge on any atom is 1.00 e. The second kappa shape index (κ2) is 6.72. The van der Waals surface area contributed by atoms with Gasteiger partial charge in [-0.1, -0.05) is 24.1 Å². The minimum atomic E-state index is 0. The van der Waals surface area contributed by atoms with Gasteiger partial charge in [0.25, 0.3) is 0 Å². The normalized spacial score (nSPS) is 10.1. The summed E-state index contributed by atoms with van der Waals surface area (Å²) in [5, 5.41) is 15.9. The first kappa shape index (κ1) is 15.5. The van der Waals surface area contributed by atoms with Crippen molar-refractivity contribution < 1.29 is 23.7 Å². The number of aromatic nitrogens is 4. The number of rotatable bonds is 4. The molecule has 2 heterocycles. The van der Waals surface area contributed by atoms with Gasteiger partial charge in [-0.25, -0.2) is 0 Å². The molecule has 1 aromatic carbocycles. The van der Waals surface area contributed by atoms with Crippen LogP contribution < -0.4 is 24.2 Å². The first-order chi connectivity index (χ1) is 9.76. The van der Waals surface area contributed by atoms with Crippen LogP contribution in [0.1, 0.15) is 5.82 Å². The van der Waals surface area contributed by atoms with Crippen LogP contribution in [0, 0.1) is 0 Å². The molecule has 6 nitrogen and oxygen atoms in total. The van der Waals surface area contributed by atoms with Crippen molar-refractivity contribution in [3.63, 3.8) is 0 Å². The second-order valence-electron chi connectivity index (χ2n) is 4.06. The van der Waals surface area contributed by atoms with E-state index in [1.165, 1.54) is 4.52 Å². The van der Waals surface area contributed by atoms with Crippen molar-refractivity contribution >= 4 is 35.0 Å². The Morgan fingerprint density at radius 3 is 2.86 bits per heavy atom. The summed E-state index contributed by atoms with van der Waals surface area (Å²) < 4.78 is 1.51. The molecular weight excluding hydrogens is 285 g/mol.